The summed E-state index contributed by atoms with van der Waals surface area (Å²) in [6.45, 7) is 7.01. The molecule has 20 heavy (non-hydrogen) atoms. The van der Waals surface area contributed by atoms with Crippen molar-refractivity contribution in [2.24, 2.45) is 5.41 Å². The lowest BCUT2D eigenvalue weighted by Gasteiger charge is -2.39. The van der Waals surface area contributed by atoms with Gasteiger partial charge < -0.3 is 5.11 Å². The number of aryl methyl sites for hydroxylation is 2. The molecule has 0 radical (unpaired) electrons. The van der Waals surface area contributed by atoms with Gasteiger partial charge in [0.05, 0.1) is 4.90 Å². The highest BCUT2D eigenvalue weighted by atomic mass is 32.2. The van der Waals surface area contributed by atoms with E-state index in [9.17, 15) is 13.5 Å². The summed E-state index contributed by atoms with van der Waals surface area (Å²) < 4.78 is 26.9. The summed E-state index contributed by atoms with van der Waals surface area (Å²) in [6, 6.07) is 1.77. The van der Waals surface area contributed by atoms with Crippen LogP contribution in [0.1, 0.15) is 35.9 Å². The zero-order chi connectivity index (χ0) is 15.0. The molecule has 1 aliphatic heterocycles. The highest BCUT2D eigenvalue weighted by Gasteiger charge is 2.37. The third-order valence-corrected chi connectivity index (χ3v) is 7.60. The average Bonchev–Trinajstić information content (AvgIpc) is 2.78. The van der Waals surface area contributed by atoms with Crippen molar-refractivity contribution in [3.8, 4) is 0 Å². The van der Waals surface area contributed by atoms with Gasteiger partial charge in [-0.1, -0.05) is 6.92 Å². The molecule has 4 nitrogen and oxygen atoms in total. The molecule has 0 bridgehead atoms. The largest absolute Gasteiger partial charge is 0.396 e. The Morgan fingerprint density at radius 1 is 1.35 bits per heavy atom. The molecule has 1 N–H and O–H groups in total. The van der Waals surface area contributed by atoms with E-state index in [1.54, 1.807) is 10.4 Å². The summed E-state index contributed by atoms with van der Waals surface area (Å²) in [5, 5.41) is 9.53. The Bertz CT molecular complexity index is 563. The molecule has 1 aromatic heterocycles. The van der Waals surface area contributed by atoms with Crippen molar-refractivity contribution >= 4 is 21.4 Å². The van der Waals surface area contributed by atoms with Crippen molar-refractivity contribution in [3.63, 3.8) is 0 Å². The third kappa shape index (κ3) is 2.79. The number of hydrogen-bond donors (Lipinski definition) is 1. The maximum Gasteiger partial charge on any atom is 0.244 e. The lowest BCUT2D eigenvalue weighted by Crippen LogP contribution is -2.44. The highest BCUT2D eigenvalue weighted by Crippen LogP contribution is 2.37. The first kappa shape index (κ1) is 15.9. The minimum absolute atomic E-state index is 0.0916. The fraction of sp³-hybridized carbons (Fsp3) is 0.714. The molecular formula is C14H23NO3S2. The van der Waals surface area contributed by atoms with Gasteiger partial charge in [-0.15, -0.1) is 11.3 Å². The van der Waals surface area contributed by atoms with E-state index >= 15 is 0 Å². The molecule has 1 fully saturated rings. The zero-order valence-corrected chi connectivity index (χ0v) is 14.0. The summed E-state index contributed by atoms with van der Waals surface area (Å²) >= 11 is 1.52. The fourth-order valence-corrected chi connectivity index (χ4v) is 5.79. The van der Waals surface area contributed by atoms with Gasteiger partial charge in [0.25, 0.3) is 0 Å². The van der Waals surface area contributed by atoms with Gasteiger partial charge in [0, 0.05) is 29.5 Å². The van der Waals surface area contributed by atoms with Gasteiger partial charge in [0.1, 0.15) is 0 Å². The first-order valence-electron chi connectivity index (χ1n) is 7.03. The van der Waals surface area contributed by atoms with Crippen LogP contribution in [0.4, 0.5) is 0 Å². The molecule has 0 amide bonds. The molecule has 1 saturated heterocycles. The van der Waals surface area contributed by atoms with Crippen LogP contribution in [0.5, 0.6) is 0 Å². The minimum atomic E-state index is -3.38. The van der Waals surface area contributed by atoms with E-state index in [1.807, 2.05) is 13.8 Å². The molecule has 2 heterocycles. The van der Waals surface area contributed by atoms with E-state index in [0.717, 1.165) is 29.0 Å². The monoisotopic (exact) mass is 317 g/mol. The molecule has 6 heteroatoms. The van der Waals surface area contributed by atoms with Crippen LogP contribution in [0.15, 0.2) is 11.0 Å². The van der Waals surface area contributed by atoms with Crippen molar-refractivity contribution in [3.05, 3.63) is 15.8 Å². The molecule has 114 valence electrons. The van der Waals surface area contributed by atoms with Crippen molar-refractivity contribution < 1.29 is 13.5 Å². The topological polar surface area (TPSA) is 57.6 Å². The lowest BCUT2D eigenvalue weighted by molar-refractivity contribution is 0.0647. The van der Waals surface area contributed by atoms with E-state index in [0.29, 0.717) is 18.0 Å². The van der Waals surface area contributed by atoms with Gasteiger partial charge in [-0.2, -0.15) is 4.31 Å². The van der Waals surface area contributed by atoms with Crippen molar-refractivity contribution in [1.82, 2.24) is 4.31 Å². The third-order valence-electron chi connectivity index (χ3n) is 4.48. The number of hydrogen-bond acceptors (Lipinski definition) is 4. The second-order valence-electron chi connectivity index (χ2n) is 5.69. The molecule has 1 aliphatic rings. The second-order valence-corrected chi connectivity index (χ2v) is 9.06. The Balaban J connectivity index is 2.20. The fourth-order valence-electron chi connectivity index (χ4n) is 2.83. The van der Waals surface area contributed by atoms with Crippen LogP contribution in [0.3, 0.4) is 0 Å². The van der Waals surface area contributed by atoms with Crippen LogP contribution in [0, 0.1) is 19.3 Å². The van der Waals surface area contributed by atoms with Crippen LogP contribution < -0.4 is 0 Å². The van der Waals surface area contributed by atoms with E-state index in [-0.39, 0.29) is 12.0 Å². The number of rotatable bonds is 4. The average molecular weight is 317 g/mol. The van der Waals surface area contributed by atoms with Gasteiger partial charge in [-0.3, -0.25) is 0 Å². The van der Waals surface area contributed by atoms with E-state index in [4.69, 9.17) is 0 Å². The van der Waals surface area contributed by atoms with Gasteiger partial charge in [-0.25, -0.2) is 8.42 Å². The van der Waals surface area contributed by atoms with Gasteiger partial charge >= 0.3 is 0 Å². The second kappa shape index (κ2) is 5.75. The van der Waals surface area contributed by atoms with Crippen LogP contribution in [0.2, 0.25) is 0 Å². The molecule has 0 spiro atoms. The quantitative estimate of drug-likeness (QED) is 0.928. The molecule has 0 atom stereocenters. The summed E-state index contributed by atoms with van der Waals surface area (Å²) in [4.78, 5) is 2.33. The van der Waals surface area contributed by atoms with E-state index < -0.39 is 10.0 Å². The number of nitrogens with zero attached hydrogens (tertiary/aromatic N) is 1. The maximum atomic E-state index is 12.7. The molecule has 0 aliphatic carbocycles. The number of aliphatic hydroxyl groups is 1. The molecule has 0 saturated carbocycles. The van der Waals surface area contributed by atoms with E-state index in [2.05, 4.69) is 6.92 Å². The van der Waals surface area contributed by atoms with Crippen LogP contribution in [-0.4, -0.2) is 37.5 Å². The maximum absolute atomic E-state index is 12.7. The molecular weight excluding hydrogens is 294 g/mol. The summed E-state index contributed by atoms with van der Waals surface area (Å²) in [6.07, 6.45) is 2.37. The van der Waals surface area contributed by atoms with Crippen molar-refractivity contribution in [2.75, 3.05) is 19.7 Å². The zero-order valence-electron chi connectivity index (χ0n) is 12.3. The Morgan fingerprint density at radius 3 is 2.35 bits per heavy atom. The number of thiophene rings is 1. The first-order valence-corrected chi connectivity index (χ1v) is 9.28. The van der Waals surface area contributed by atoms with Gasteiger partial charge in [0.15, 0.2) is 0 Å². The van der Waals surface area contributed by atoms with Crippen LogP contribution in [0.25, 0.3) is 0 Å². The van der Waals surface area contributed by atoms with Crippen LogP contribution in [-0.2, 0) is 10.0 Å². The summed E-state index contributed by atoms with van der Waals surface area (Å²) in [5.41, 5.74) is -0.0916. The normalized spacial score (nSPS) is 20.2. The molecule has 0 unspecified atom stereocenters. The summed E-state index contributed by atoms with van der Waals surface area (Å²) in [7, 11) is -3.38. The molecule has 0 aromatic carbocycles. The Kier molecular flexibility index (Phi) is 4.59. The highest BCUT2D eigenvalue weighted by molar-refractivity contribution is 7.89. The Morgan fingerprint density at radius 2 is 1.95 bits per heavy atom. The predicted molar refractivity (Wildman–Crippen MR) is 81.6 cm³/mol. The molecule has 1 aromatic rings. The predicted octanol–water partition coefficient (Wildman–Crippen LogP) is 2.54. The first-order chi connectivity index (χ1) is 9.34. The smallest absolute Gasteiger partial charge is 0.244 e. The van der Waals surface area contributed by atoms with Crippen LogP contribution >= 0.6 is 11.3 Å². The molecule has 2 rings (SSSR count). The number of aliphatic hydroxyl groups excluding tert-OH is 1. The van der Waals surface area contributed by atoms with E-state index in [1.165, 1.54) is 11.3 Å². The Labute approximate surface area is 125 Å². The Hall–Kier alpha value is -0.430. The SMILES string of the molecule is CCC1(CO)CCN(S(=O)(=O)c2cc(C)sc2C)CC1. The standard InChI is InChI=1S/C14H23NO3S2/c1-4-14(10-16)5-7-15(8-6-14)20(17,18)13-9-11(2)19-12(13)3/h9,16H,4-8,10H2,1-3H3. The van der Waals surface area contributed by atoms with Gasteiger partial charge in [0.2, 0.25) is 10.0 Å². The number of piperidine rings is 1. The summed E-state index contributed by atoms with van der Waals surface area (Å²) in [5.74, 6) is 0. The van der Waals surface area contributed by atoms with Crippen molar-refractivity contribution in [1.29, 1.82) is 0 Å². The lowest BCUT2D eigenvalue weighted by atomic mass is 9.77. The minimum Gasteiger partial charge on any atom is -0.396 e. The van der Waals surface area contributed by atoms with Crippen molar-refractivity contribution in [2.45, 2.75) is 44.9 Å². The van der Waals surface area contributed by atoms with Gasteiger partial charge in [-0.05, 0) is 44.6 Å². The number of sulfonamides is 1.